The number of unbranched alkanes of at least 4 members (excludes halogenated alkanes) is 3. The number of nitrogens with two attached hydrogens (primary N) is 1. The van der Waals surface area contributed by atoms with Crippen LogP contribution in [0, 0.1) is 5.92 Å². The Balaban J connectivity index is 0.00000205. The van der Waals surface area contributed by atoms with E-state index in [0.717, 1.165) is 18.4 Å². The van der Waals surface area contributed by atoms with Crippen LogP contribution < -0.4 is 27.0 Å². The van der Waals surface area contributed by atoms with Gasteiger partial charge in [-0.3, -0.25) is 33.7 Å². The van der Waals surface area contributed by atoms with Gasteiger partial charge in [0.25, 0.3) is 6.47 Å². The summed E-state index contributed by atoms with van der Waals surface area (Å²) in [4.78, 5) is 83.8. The van der Waals surface area contributed by atoms with Gasteiger partial charge in [0, 0.05) is 36.9 Å². The van der Waals surface area contributed by atoms with E-state index in [-0.39, 0.29) is 54.9 Å². The number of ether oxygens (including phenoxy) is 1. The molecule has 7 amide bonds. The Bertz CT molecular complexity index is 1250. The first-order chi connectivity index (χ1) is 24.7. The lowest BCUT2D eigenvalue weighted by molar-refractivity contribution is -0.138. The number of nitrogens with one attached hydrogen (secondary N) is 4. The van der Waals surface area contributed by atoms with Crippen LogP contribution >= 0.6 is 11.8 Å². The zero-order valence-corrected chi connectivity index (χ0v) is 32.9. The second kappa shape index (κ2) is 28.4. The van der Waals surface area contributed by atoms with E-state index in [4.69, 9.17) is 5.73 Å². The molecular formula is C37H62N6O8S. The summed E-state index contributed by atoms with van der Waals surface area (Å²) in [5, 5.41) is 10.4. The number of thioether (sulfide) groups is 1. The SMILES string of the molecule is CCC(C)SC1CC(=O)N(CCCCCC(=O)NC(C(=O)NCC(=O)Nc2ccc(COC=O)cc2)C(C)C)C1=O.CCCC.CCCNC(N)=O. The van der Waals surface area contributed by atoms with Gasteiger partial charge in [0.1, 0.15) is 12.6 Å². The molecular weight excluding hydrogens is 689 g/mol. The van der Waals surface area contributed by atoms with E-state index >= 15 is 0 Å². The van der Waals surface area contributed by atoms with Gasteiger partial charge < -0.3 is 31.7 Å². The molecule has 1 aliphatic rings. The van der Waals surface area contributed by atoms with E-state index < -0.39 is 23.9 Å². The van der Waals surface area contributed by atoms with Crippen molar-refractivity contribution >= 4 is 59.5 Å². The fraction of sp³-hybridized carbons (Fsp3) is 0.649. The lowest BCUT2D eigenvalue weighted by atomic mass is 10.0. The Morgan fingerprint density at radius 2 is 1.60 bits per heavy atom. The summed E-state index contributed by atoms with van der Waals surface area (Å²) in [6.45, 7) is 15.3. The molecule has 1 aromatic carbocycles. The van der Waals surface area contributed by atoms with Crippen LogP contribution in [0.4, 0.5) is 10.5 Å². The number of hydrogen-bond donors (Lipinski definition) is 5. The van der Waals surface area contributed by atoms with Crippen LogP contribution in [0.2, 0.25) is 0 Å². The normalized spacial score (nSPS) is 14.5. The third-order valence-corrected chi connectivity index (χ3v) is 9.25. The zero-order chi connectivity index (χ0) is 39.5. The van der Waals surface area contributed by atoms with Crippen LogP contribution in [0.1, 0.15) is 112 Å². The first kappa shape index (κ1) is 47.9. The molecule has 0 spiro atoms. The number of anilines is 1. The van der Waals surface area contributed by atoms with Crippen molar-refractivity contribution in [2.75, 3.05) is 25.0 Å². The zero-order valence-electron chi connectivity index (χ0n) is 32.1. The predicted octanol–water partition coefficient (Wildman–Crippen LogP) is 4.65. The van der Waals surface area contributed by atoms with Gasteiger partial charge in [-0.2, -0.15) is 0 Å². The van der Waals surface area contributed by atoms with E-state index in [9.17, 15) is 33.6 Å². The number of primary amides is 1. The van der Waals surface area contributed by atoms with Gasteiger partial charge in [-0.15, -0.1) is 11.8 Å². The van der Waals surface area contributed by atoms with Gasteiger partial charge >= 0.3 is 6.03 Å². The number of hydrogen-bond acceptors (Lipinski definition) is 9. The molecule has 0 radical (unpaired) electrons. The fourth-order valence-corrected chi connectivity index (χ4v) is 5.66. The van der Waals surface area contributed by atoms with Crippen LogP contribution in [-0.2, 0) is 40.1 Å². The Hall–Kier alpha value is -4.14. The summed E-state index contributed by atoms with van der Waals surface area (Å²) in [7, 11) is 0. The lowest BCUT2D eigenvalue weighted by Gasteiger charge is -2.21. The monoisotopic (exact) mass is 750 g/mol. The minimum absolute atomic E-state index is 0.114. The van der Waals surface area contributed by atoms with Crippen LogP contribution in [0.25, 0.3) is 0 Å². The average Bonchev–Trinajstić information content (AvgIpc) is 3.38. The number of imide groups is 1. The minimum Gasteiger partial charge on any atom is -0.463 e. The van der Waals surface area contributed by atoms with Gasteiger partial charge in [-0.25, -0.2) is 4.79 Å². The Labute approximate surface area is 313 Å². The number of carbonyl (C=O) groups excluding carboxylic acids is 7. The van der Waals surface area contributed by atoms with Crippen molar-refractivity contribution in [3.05, 3.63) is 29.8 Å². The van der Waals surface area contributed by atoms with Gasteiger partial charge in [0.15, 0.2) is 0 Å². The number of benzene rings is 1. The molecule has 0 aliphatic carbocycles. The molecule has 3 unspecified atom stereocenters. The molecule has 14 nitrogen and oxygen atoms in total. The smallest absolute Gasteiger partial charge is 0.312 e. The minimum atomic E-state index is -0.799. The van der Waals surface area contributed by atoms with Crippen molar-refractivity contribution in [2.24, 2.45) is 11.7 Å². The van der Waals surface area contributed by atoms with Crippen molar-refractivity contribution in [3.8, 4) is 0 Å². The van der Waals surface area contributed by atoms with Crippen LogP contribution in [0.3, 0.4) is 0 Å². The van der Waals surface area contributed by atoms with Crippen molar-refractivity contribution in [1.29, 1.82) is 0 Å². The molecule has 0 bridgehead atoms. The largest absolute Gasteiger partial charge is 0.463 e. The molecule has 15 heteroatoms. The van der Waals surface area contributed by atoms with Crippen LogP contribution in [0.5, 0.6) is 0 Å². The number of likely N-dealkylation sites (tertiary alicyclic amines) is 1. The maximum atomic E-state index is 12.7. The Morgan fingerprint density at radius 1 is 0.942 bits per heavy atom. The van der Waals surface area contributed by atoms with Crippen LogP contribution in [-0.4, -0.2) is 83.1 Å². The van der Waals surface area contributed by atoms with E-state index in [2.05, 4.69) is 53.7 Å². The Morgan fingerprint density at radius 3 is 2.12 bits per heavy atom. The lowest BCUT2D eigenvalue weighted by Crippen LogP contribution is -2.51. The number of rotatable bonds is 21. The Kier molecular flexibility index (Phi) is 26.2. The molecule has 0 aromatic heterocycles. The van der Waals surface area contributed by atoms with Gasteiger partial charge in [-0.05, 0) is 49.3 Å². The predicted molar refractivity (Wildman–Crippen MR) is 205 cm³/mol. The number of nitrogens with zero attached hydrogens (tertiary/aromatic N) is 1. The van der Waals surface area contributed by atoms with Crippen LogP contribution in [0.15, 0.2) is 24.3 Å². The fourth-order valence-electron chi connectivity index (χ4n) is 4.43. The van der Waals surface area contributed by atoms with Gasteiger partial charge in [0.2, 0.25) is 29.5 Å². The quantitative estimate of drug-likeness (QED) is 0.0673. The highest BCUT2D eigenvalue weighted by molar-refractivity contribution is 8.01. The highest BCUT2D eigenvalue weighted by atomic mass is 32.2. The average molecular weight is 751 g/mol. The third-order valence-electron chi connectivity index (χ3n) is 7.75. The second-order valence-corrected chi connectivity index (χ2v) is 14.3. The summed E-state index contributed by atoms with van der Waals surface area (Å²) in [6, 6.07) is 5.48. The van der Waals surface area contributed by atoms with Crippen molar-refractivity contribution in [1.82, 2.24) is 20.9 Å². The number of urea groups is 1. The second-order valence-electron chi connectivity index (χ2n) is 12.7. The molecule has 294 valence electrons. The molecule has 6 N–H and O–H groups in total. The molecule has 2 rings (SSSR count). The standard InChI is InChI=1S/C29H42N4O7S.C4H10N2O.C4H10/c1-5-20(4)41-23-15-26(37)33(29(23)39)14-8-6-7-9-24(35)32-27(19(2)3)28(38)30-16-25(36)31-22-12-10-21(11-13-22)17-40-18-34;1-2-3-6-4(5)7;1-3-4-2/h10-13,18-20,23,27H,5-9,14-17H2,1-4H3,(H,30,38)(H,31,36)(H,32,35);2-3H2,1H3,(H3,5,6,7);3-4H2,1-2H3. The maximum absolute atomic E-state index is 12.7. The molecule has 1 aromatic rings. The summed E-state index contributed by atoms with van der Waals surface area (Å²) in [6.07, 6.45) is 6.81. The summed E-state index contributed by atoms with van der Waals surface area (Å²) >= 11 is 1.56. The van der Waals surface area contributed by atoms with E-state index in [1.165, 1.54) is 17.7 Å². The summed E-state index contributed by atoms with van der Waals surface area (Å²) in [5.74, 6) is -1.61. The highest BCUT2D eigenvalue weighted by Crippen LogP contribution is 2.29. The maximum Gasteiger partial charge on any atom is 0.312 e. The van der Waals surface area contributed by atoms with E-state index in [0.29, 0.717) is 49.8 Å². The molecule has 1 fully saturated rings. The van der Waals surface area contributed by atoms with Crippen molar-refractivity contribution in [2.45, 2.75) is 129 Å². The summed E-state index contributed by atoms with van der Waals surface area (Å²) in [5.41, 5.74) is 6.02. The molecule has 1 saturated heterocycles. The molecule has 1 heterocycles. The molecule has 3 atom stereocenters. The third kappa shape index (κ3) is 21.3. The van der Waals surface area contributed by atoms with Crippen molar-refractivity contribution < 1.29 is 38.3 Å². The van der Waals surface area contributed by atoms with Crippen molar-refractivity contribution in [3.63, 3.8) is 0 Å². The first-order valence-corrected chi connectivity index (χ1v) is 19.2. The first-order valence-electron chi connectivity index (χ1n) is 18.3. The summed E-state index contributed by atoms with van der Waals surface area (Å²) < 4.78 is 4.68. The number of amides is 7. The number of carbonyl (C=O) groups is 7. The topological polar surface area (TPSA) is 206 Å². The molecule has 0 saturated carbocycles. The van der Waals surface area contributed by atoms with Gasteiger partial charge in [-0.1, -0.05) is 79.9 Å². The van der Waals surface area contributed by atoms with E-state index in [1.807, 2.05) is 6.92 Å². The highest BCUT2D eigenvalue weighted by Gasteiger charge is 2.39. The molecule has 1 aliphatic heterocycles. The van der Waals surface area contributed by atoms with E-state index in [1.54, 1.807) is 49.9 Å². The van der Waals surface area contributed by atoms with Gasteiger partial charge in [0.05, 0.1) is 11.8 Å². The molecule has 52 heavy (non-hydrogen) atoms.